The van der Waals surface area contributed by atoms with Crippen molar-refractivity contribution >= 4 is 11.9 Å². The lowest BCUT2D eigenvalue weighted by atomic mass is 9.89. The molecule has 0 atom stereocenters. The molecule has 2 fully saturated rings. The number of benzene rings is 1. The summed E-state index contributed by atoms with van der Waals surface area (Å²) in [6.45, 7) is 9.05. The van der Waals surface area contributed by atoms with Crippen LogP contribution in [0.4, 0.5) is 26.3 Å². The largest absolute Gasteiger partial charge is 0.490 e. The number of likely N-dealkylation sites (tertiary alicyclic amines) is 1. The molecule has 2 saturated heterocycles. The second-order valence-electron chi connectivity index (χ2n) is 9.12. The summed E-state index contributed by atoms with van der Waals surface area (Å²) >= 11 is 0. The third kappa shape index (κ3) is 11.3. The molecule has 2 N–H and O–H groups in total. The lowest BCUT2D eigenvalue weighted by Gasteiger charge is -2.47. The van der Waals surface area contributed by atoms with Crippen molar-refractivity contribution in [2.24, 2.45) is 0 Å². The molecule has 0 amide bonds. The van der Waals surface area contributed by atoms with Gasteiger partial charge < -0.3 is 19.4 Å². The number of piperidine rings is 1. The first-order valence-electron chi connectivity index (χ1n) is 11.9. The van der Waals surface area contributed by atoms with Gasteiger partial charge in [-0.25, -0.2) is 9.59 Å². The van der Waals surface area contributed by atoms with Crippen LogP contribution in [0, 0.1) is 6.92 Å². The first-order chi connectivity index (χ1) is 18.1. The lowest BCUT2D eigenvalue weighted by molar-refractivity contribution is -0.193. The van der Waals surface area contributed by atoms with Gasteiger partial charge in [0.15, 0.2) is 0 Å². The molecule has 8 nitrogen and oxygen atoms in total. The van der Waals surface area contributed by atoms with E-state index in [-0.39, 0.29) is 5.60 Å². The number of morpholine rings is 1. The maximum atomic E-state index is 10.6. The number of carboxylic acid groups (broad SMARTS) is 2. The van der Waals surface area contributed by atoms with Crippen molar-refractivity contribution in [1.29, 1.82) is 0 Å². The topological polar surface area (TPSA) is 103 Å². The van der Waals surface area contributed by atoms with Crippen LogP contribution in [-0.2, 0) is 27.4 Å². The predicted octanol–water partition coefficient (Wildman–Crippen LogP) is 4.72. The zero-order valence-corrected chi connectivity index (χ0v) is 21.1. The van der Waals surface area contributed by atoms with E-state index in [0.717, 1.165) is 70.2 Å². The highest BCUT2D eigenvalue weighted by Crippen LogP contribution is 2.31. The van der Waals surface area contributed by atoms with Crippen LogP contribution in [-0.4, -0.2) is 82.7 Å². The Labute approximate surface area is 220 Å². The number of nitrogens with zero attached hydrogens (tertiary/aromatic N) is 2. The number of carboxylic acids is 2. The number of rotatable bonds is 4. The first kappa shape index (κ1) is 32.1. The Balaban J connectivity index is 0.000000317. The minimum Gasteiger partial charge on any atom is -0.475 e. The SMILES string of the molecule is Cc1ccc(CN2CCC3(CC2)CN(Cc2ccccc2)CCO3)o1.O=C(O)C(F)(F)F.O=C(O)C(F)(F)F. The zero-order valence-electron chi connectivity index (χ0n) is 21.1. The average molecular weight is 569 g/mol. The van der Waals surface area contributed by atoms with Gasteiger partial charge in [0.25, 0.3) is 0 Å². The molecule has 14 heteroatoms. The summed E-state index contributed by atoms with van der Waals surface area (Å²) in [6.07, 6.45) is -7.95. The summed E-state index contributed by atoms with van der Waals surface area (Å²) in [4.78, 5) is 22.8. The number of aliphatic carboxylic acids is 2. The van der Waals surface area contributed by atoms with Gasteiger partial charge in [-0.1, -0.05) is 30.3 Å². The molecule has 39 heavy (non-hydrogen) atoms. The van der Waals surface area contributed by atoms with Crippen LogP contribution in [0.15, 0.2) is 46.9 Å². The van der Waals surface area contributed by atoms with Crippen LogP contribution in [0.5, 0.6) is 0 Å². The number of furan rings is 1. The second kappa shape index (κ2) is 13.8. The summed E-state index contributed by atoms with van der Waals surface area (Å²) < 4.78 is 75.5. The van der Waals surface area contributed by atoms with E-state index in [2.05, 4.69) is 46.2 Å². The summed E-state index contributed by atoms with van der Waals surface area (Å²) in [7, 11) is 0. The Bertz CT molecular complexity index is 1030. The van der Waals surface area contributed by atoms with Gasteiger partial charge in [0.2, 0.25) is 0 Å². The number of hydrogen-bond acceptors (Lipinski definition) is 6. The third-order valence-corrected chi connectivity index (χ3v) is 6.00. The zero-order chi connectivity index (χ0) is 29.3. The van der Waals surface area contributed by atoms with Crippen LogP contribution in [0.2, 0.25) is 0 Å². The van der Waals surface area contributed by atoms with Gasteiger partial charge in [0.05, 0.1) is 18.8 Å². The number of carbonyl (C=O) groups is 2. The summed E-state index contributed by atoms with van der Waals surface area (Å²) in [5.74, 6) is -3.45. The highest BCUT2D eigenvalue weighted by Gasteiger charge is 2.40. The molecular weight excluding hydrogens is 538 g/mol. The van der Waals surface area contributed by atoms with Crippen LogP contribution in [0.1, 0.15) is 29.9 Å². The van der Waals surface area contributed by atoms with Crippen LogP contribution < -0.4 is 0 Å². The van der Waals surface area contributed by atoms with Crippen LogP contribution >= 0.6 is 0 Å². The van der Waals surface area contributed by atoms with E-state index < -0.39 is 24.3 Å². The Kier molecular flexibility index (Phi) is 11.4. The molecule has 3 heterocycles. The lowest BCUT2D eigenvalue weighted by Crippen LogP contribution is -2.56. The molecule has 1 aromatic carbocycles. The fourth-order valence-electron chi connectivity index (χ4n) is 4.11. The summed E-state index contributed by atoms with van der Waals surface area (Å²) in [5, 5.41) is 14.2. The van der Waals surface area contributed by atoms with E-state index in [0.29, 0.717) is 0 Å². The van der Waals surface area contributed by atoms with E-state index in [4.69, 9.17) is 29.0 Å². The van der Waals surface area contributed by atoms with E-state index in [1.54, 1.807) is 0 Å². The van der Waals surface area contributed by atoms with Gasteiger partial charge in [-0.2, -0.15) is 26.3 Å². The van der Waals surface area contributed by atoms with Crippen molar-refractivity contribution < 1.29 is 55.3 Å². The average Bonchev–Trinajstić information content (AvgIpc) is 3.25. The standard InChI is InChI=1S/C21H28N2O2.2C2HF3O2/c1-18-7-8-20(25-18)16-22-11-9-21(10-12-22)17-23(13-14-24-21)15-19-5-3-2-4-6-19;2*3-2(4,5)1(6)7/h2-8H,9-17H2,1H3;2*(H,6,7). The van der Waals surface area contributed by atoms with Crippen molar-refractivity contribution in [1.82, 2.24) is 9.80 Å². The number of halogens is 6. The normalized spacial score (nSPS) is 17.9. The van der Waals surface area contributed by atoms with E-state index >= 15 is 0 Å². The van der Waals surface area contributed by atoms with Gasteiger partial charge in [-0.05, 0) is 37.5 Å². The molecule has 1 spiro atoms. The Morgan fingerprint density at radius 1 is 0.846 bits per heavy atom. The maximum absolute atomic E-state index is 10.6. The number of ether oxygens (including phenoxy) is 1. The Morgan fingerprint density at radius 2 is 1.38 bits per heavy atom. The molecule has 0 radical (unpaired) electrons. The minimum absolute atomic E-state index is 0.0443. The second-order valence-corrected chi connectivity index (χ2v) is 9.12. The molecule has 0 saturated carbocycles. The smallest absolute Gasteiger partial charge is 0.475 e. The van der Waals surface area contributed by atoms with Crippen molar-refractivity contribution in [3.05, 3.63) is 59.5 Å². The molecule has 4 rings (SSSR count). The predicted molar refractivity (Wildman–Crippen MR) is 126 cm³/mol. The van der Waals surface area contributed by atoms with Crippen molar-refractivity contribution in [3.63, 3.8) is 0 Å². The summed E-state index contributed by atoms with van der Waals surface area (Å²) in [5.41, 5.74) is 1.44. The number of alkyl halides is 6. The molecule has 2 aliphatic rings. The van der Waals surface area contributed by atoms with E-state index in [1.807, 2.05) is 13.0 Å². The highest BCUT2D eigenvalue weighted by molar-refractivity contribution is 5.73. The Morgan fingerprint density at radius 3 is 1.85 bits per heavy atom. The molecule has 1 aromatic heterocycles. The first-order valence-corrected chi connectivity index (χ1v) is 11.9. The van der Waals surface area contributed by atoms with E-state index in [9.17, 15) is 26.3 Å². The minimum atomic E-state index is -5.08. The number of hydrogen-bond donors (Lipinski definition) is 2. The molecular formula is C25H30F6N2O6. The van der Waals surface area contributed by atoms with Gasteiger partial charge in [0.1, 0.15) is 11.5 Å². The quantitative estimate of drug-likeness (QED) is 0.511. The molecule has 0 bridgehead atoms. The highest BCUT2D eigenvalue weighted by atomic mass is 19.4. The summed E-state index contributed by atoms with van der Waals surface area (Å²) in [6, 6.07) is 14.9. The molecule has 0 unspecified atom stereocenters. The molecule has 2 aromatic rings. The van der Waals surface area contributed by atoms with Gasteiger partial charge in [-0.3, -0.25) is 9.80 Å². The van der Waals surface area contributed by atoms with Crippen LogP contribution in [0.3, 0.4) is 0 Å². The third-order valence-electron chi connectivity index (χ3n) is 6.00. The van der Waals surface area contributed by atoms with Gasteiger partial charge >= 0.3 is 24.3 Å². The van der Waals surface area contributed by atoms with E-state index in [1.165, 1.54) is 5.56 Å². The van der Waals surface area contributed by atoms with Gasteiger partial charge in [0, 0.05) is 32.7 Å². The molecule has 218 valence electrons. The maximum Gasteiger partial charge on any atom is 0.490 e. The fraction of sp³-hybridized carbons (Fsp3) is 0.520. The number of aryl methyl sites for hydroxylation is 1. The van der Waals surface area contributed by atoms with Crippen molar-refractivity contribution in [3.8, 4) is 0 Å². The van der Waals surface area contributed by atoms with Crippen LogP contribution in [0.25, 0.3) is 0 Å². The molecule has 2 aliphatic heterocycles. The van der Waals surface area contributed by atoms with Crippen molar-refractivity contribution in [2.75, 3.05) is 32.8 Å². The Hall–Kier alpha value is -3.10. The monoisotopic (exact) mass is 568 g/mol. The molecule has 0 aliphatic carbocycles. The fourth-order valence-corrected chi connectivity index (χ4v) is 4.11. The van der Waals surface area contributed by atoms with Crippen molar-refractivity contribution in [2.45, 2.75) is 50.8 Å². The van der Waals surface area contributed by atoms with Gasteiger partial charge in [-0.15, -0.1) is 0 Å².